The molecule has 6 aromatic rings. The number of rotatable bonds is 15. The maximum atomic E-state index is 6.35. The Labute approximate surface area is 310 Å². The van der Waals surface area contributed by atoms with E-state index in [4.69, 9.17) is 31.6 Å². The summed E-state index contributed by atoms with van der Waals surface area (Å²) in [4.78, 5) is 0.645. The van der Waals surface area contributed by atoms with E-state index in [-0.39, 0.29) is 22.4 Å². The maximum Gasteiger partial charge on any atom is 1.00 e. The third-order valence-corrected chi connectivity index (χ3v) is 8.19. The summed E-state index contributed by atoms with van der Waals surface area (Å²) >= 11 is 5.98. The quantitative estimate of drug-likeness (QED) is 0.0771. The first kappa shape index (κ1) is 35.5. The van der Waals surface area contributed by atoms with Crippen molar-refractivity contribution in [2.45, 2.75) is 37.7 Å². The van der Waals surface area contributed by atoms with Crippen LogP contribution in [0.15, 0.2) is 163 Å². The molecule has 6 heteroatoms. The minimum Gasteiger partial charge on any atom is -0.776 e. The van der Waals surface area contributed by atoms with E-state index in [1.165, 1.54) is 0 Å². The van der Waals surface area contributed by atoms with Crippen LogP contribution in [0, 0.1) is 0 Å². The maximum absolute atomic E-state index is 6.35. The topological polar surface area (TPSA) is 36.9 Å². The molecule has 0 atom stereocenters. The molecule has 0 heterocycles. The minimum atomic E-state index is 0. The van der Waals surface area contributed by atoms with Crippen molar-refractivity contribution in [3.8, 4) is 23.0 Å². The van der Waals surface area contributed by atoms with Crippen molar-refractivity contribution < 1.29 is 41.3 Å². The Morgan fingerprint density at radius 3 is 1.39 bits per heavy atom. The number of ether oxygens (including phenoxy) is 4. The Morgan fingerprint density at radius 1 is 0.449 bits per heavy atom. The fraction of sp³-hybridized carbons (Fsp3) is 0.116. The molecule has 250 valence electrons. The molecule has 0 aliphatic rings. The standard InChI is InChI=1S/C43H38O4S.Ag/c48-43-39(40(45-30-34-16-7-2-8-17-34)26-27-41(43)46-31-35-18-9-3-10-19-35)23-13-22-37-24-25-38(44-29-33-14-5-1-6-15-33)28-42(37)47-32-36-20-11-4-12-21-36;/h1-22,24-28,48H,23,29-32H2;/q;+1/p-1/b22-13+;. The largest absolute Gasteiger partial charge is 1.00 e. The second-order valence-corrected chi connectivity index (χ2v) is 11.7. The third kappa shape index (κ3) is 10.6. The first-order valence-corrected chi connectivity index (χ1v) is 16.4. The number of hydrogen-bond donors (Lipinski definition) is 0. The van der Waals surface area contributed by atoms with Crippen LogP contribution in [-0.4, -0.2) is 0 Å². The summed E-state index contributed by atoms with van der Waals surface area (Å²) in [6.45, 7) is 1.80. The van der Waals surface area contributed by atoms with E-state index in [1.54, 1.807) is 0 Å². The van der Waals surface area contributed by atoms with Gasteiger partial charge in [0.1, 0.15) is 49.4 Å². The summed E-state index contributed by atoms with van der Waals surface area (Å²) in [5, 5.41) is 0. The predicted octanol–water partition coefficient (Wildman–Crippen LogP) is 10.2. The smallest absolute Gasteiger partial charge is 0.776 e. The fourth-order valence-corrected chi connectivity index (χ4v) is 5.46. The molecule has 0 unspecified atom stereocenters. The van der Waals surface area contributed by atoms with Crippen LogP contribution in [-0.2, 0) is 67.9 Å². The molecule has 4 nitrogen and oxygen atoms in total. The summed E-state index contributed by atoms with van der Waals surface area (Å²) < 4.78 is 25.0. The summed E-state index contributed by atoms with van der Waals surface area (Å²) in [6.07, 6.45) is 4.71. The molecule has 6 rings (SSSR count). The van der Waals surface area contributed by atoms with Gasteiger partial charge in [0.2, 0.25) is 0 Å². The van der Waals surface area contributed by atoms with Crippen LogP contribution in [0.5, 0.6) is 23.0 Å². The van der Waals surface area contributed by atoms with Gasteiger partial charge in [-0.1, -0.05) is 133 Å². The summed E-state index contributed by atoms with van der Waals surface area (Å²) in [7, 11) is 0. The van der Waals surface area contributed by atoms with Crippen LogP contribution in [0.25, 0.3) is 6.08 Å². The van der Waals surface area contributed by atoms with Crippen molar-refractivity contribution in [2.24, 2.45) is 0 Å². The van der Waals surface area contributed by atoms with Gasteiger partial charge >= 0.3 is 22.4 Å². The SMILES string of the molecule is [Ag+].[S-]c1c(OCc2ccccc2)ccc(OCc2ccccc2)c1C/C=C/c1ccc(OCc2ccccc2)cc1OCc1ccccc1. The van der Waals surface area contributed by atoms with E-state index in [0.717, 1.165) is 50.6 Å². The van der Waals surface area contributed by atoms with Crippen molar-refractivity contribution in [3.63, 3.8) is 0 Å². The van der Waals surface area contributed by atoms with Crippen LogP contribution < -0.4 is 18.9 Å². The summed E-state index contributed by atoms with van der Waals surface area (Å²) in [5.41, 5.74) is 6.20. The van der Waals surface area contributed by atoms with Gasteiger partial charge in [-0.3, -0.25) is 0 Å². The molecule has 0 aromatic heterocycles. The molecule has 0 saturated heterocycles. The molecule has 6 aromatic carbocycles. The zero-order valence-electron chi connectivity index (χ0n) is 27.0. The van der Waals surface area contributed by atoms with E-state index >= 15 is 0 Å². The molecule has 0 spiro atoms. The molecular weight excluding hydrogens is 720 g/mol. The fourth-order valence-electron chi connectivity index (χ4n) is 5.15. The van der Waals surface area contributed by atoms with Crippen LogP contribution in [0.4, 0.5) is 0 Å². The Balaban J connectivity index is 0.00000468. The Kier molecular flexibility index (Phi) is 13.5. The van der Waals surface area contributed by atoms with Crippen molar-refractivity contribution >= 4 is 18.7 Å². The molecule has 0 amide bonds. The third-order valence-electron chi connectivity index (χ3n) is 7.75. The number of allylic oxidation sites excluding steroid dienone is 1. The van der Waals surface area contributed by atoms with E-state index < -0.39 is 0 Å². The van der Waals surface area contributed by atoms with E-state index in [1.807, 2.05) is 115 Å². The molecule has 0 saturated carbocycles. The molecule has 49 heavy (non-hydrogen) atoms. The van der Waals surface area contributed by atoms with Gasteiger partial charge in [0.05, 0.1) is 0 Å². The summed E-state index contributed by atoms with van der Waals surface area (Å²) in [5.74, 6) is 2.88. The zero-order valence-corrected chi connectivity index (χ0v) is 29.3. The molecule has 0 aliphatic heterocycles. The first-order chi connectivity index (χ1) is 23.7. The van der Waals surface area contributed by atoms with Crippen molar-refractivity contribution in [3.05, 3.63) is 191 Å². The Morgan fingerprint density at radius 2 is 0.878 bits per heavy atom. The average Bonchev–Trinajstić information content (AvgIpc) is 3.15. The van der Waals surface area contributed by atoms with Crippen molar-refractivity contribution in [2.75, 3.05) is 0 Å². The molecule has 0 radical (unpaired) electrons. The van der Waals surface area contributed by atoms with E-state index in [0.29, 0.717) is 43.5 Å². The zero-order chi connectivity index (χ0) is 32.8. The molecule has 0 N–H and O–H groups in total. The Bertz CT molecular complexity index is 1900. The van der Waals surface area contributed by atoms with Crippen LogP contribution in [0.3, 0.4) is 0 Å². The normalized spacial score (nSPS) is 10.7. The van der Waals surface area contributed by atoms with Gasteiger partial charge in [-0.2, -0.15) is 0 Å². The van der Waals surface area contributed by atoms with Crippen molar-refractivity contribution in [1.82, 2.24) is 0 Å². The second-order valence-electron chi connectivity index (χ2n) is 11.3. The molecular formula is C43H37AgO4S. The second kappa shape index (κ2) is 18.7. The van der Waals surface area contributed by atoms with Gasteiger partial charge in [-0.25, -0.2) is 0 Å². The van der Waals surface area contributed by atoms with Gasteiger partial charge in [0, 0.05) is 11.6 Å². The predicted molar refractivity (Wildman–Crippen MR) is 194 cm³/mol. The number of benzene rings is 6. The van der Waals surface area contributed by atoms with E-state index in [2.05, 4.69) is 48.6 Å². The van der Waals surface area contributed by atoms with Gasteiger partial charge in [0.25, 0.3) is 0 Å². The van der Waals surface area contributed by atoms with Crippen LogP contribution in [0.1, 0.15) is 33.4 Å². The van der Waals surface area contributed by atoms with Crippen LogP contribution >= 0.6 is 0 Å². The monoisotopic (exact) mass is 756 g/mol. The molecule has 0 bridgehead atoms. The molecule has 0 fully saturated rings. The average molecular weight is 758 g/mol. The van der Waals surface area contributed by atoms with Gasteiger partial charge < -0.3 is 31.6 Å². The first-order valence-electron chi connectivity index (χ1n) is 16.0. The van der Waals surface area contributed by atoms with Crippen molar-refractivity contribution in [1.29, 1.82) is 0 Å². The summed E-state index contributed by atoms with van der Waals surface area (Å²) in [6, 6.07) is 50.3. The minimum absolute atomic E-state index is 0. The number of hydrogen-bond acceptors (Lipinski definition) is 5. The van der Waals surface area contributed by atoms with Gasteiger partial charge in [0.15, 0.2) is 0 Å². The van der Waals surface area contributed by atoms with Crippen LogP contribution in [0.2, 0.25) is 0 Å². The Hall–Kier alpha value is -4.78. The van der Waals surface area contributed by atoms with Gasteiger partial charge in [-0.05, 0) is 58.5 Å². The van der Waals surface area contributed by atoms with Gasteiger partial charge in [-0.15, -0.1) is 4.90 Å². The van der Waals surface area contributed by atoms with E-state index in [9.17, 15) is 0 Å². The molecule has 0 aliphatic carbocycles.